The molecule has 3 rings (SSSR count). The van der Waals surface area contributed by atoms with E-state index in [0.717, 1.165) is 29.8 Å². The highest BCUT2D eigenvalue weighted by atomic mass is 35.5. The number of rotatable bonds is 5. The fraction of sp³-hybridized carbons (Fsp3) is 0.250. The van der Waals surface area contributed by atoms with Crippen LogP contribution in [0.5, 0.6) is 0 Å². The predicted molar refractivity (Wildman–Crippen MR) is 119 cm³/mol. The van der Waals surface area contributed by atoms with Crippen molar-refractivity contribution in [2.24, 2.45) is 12.0 Å². The second kappa shape index (κ2) is 9.70. The molecule has 9 nitrogen and oxygen atoms in total. The summed E-state index contributed by atoms with van der Waals surface area (Å²) in [5, 5.41) is -0.391. The van der Waals surface area contributed by atoms with Crippen molar-refractivity contribution in [2.45, 2.75) is 13.1 Å². The Labute approximate surface area is 203 Å². The fourth-order valence-electron chi connectivity index (χ4n) is 3.01. The topological polar surface area (TPSA) is 103 Å². The molecular formula is C20H15ClF4N4O5S. The smallest absolute Gasteiger partial charge is 0.431 e. The highest BCUT2D eigenvalue weighted by Crippen LogP contribution is 2.35. The molecule has 0 bridgehead atoms. The molecule has 15 heteroatoms. The summed E-state index contributed by atoms with van der Waals surface area (Å²) in [4.78, 5) is 54.2. The van der Waals surface area contributed by atoms with Gasteiger partial charge in [0.05, 0.1) is 27.9 Å². The summed E-state index contributed by atoms with van der Waals surface area (Å²) in [5.41, 5.74) is -5.39. The van der Waals surface area contributed by atoms with Gasteiger partial charge < -0.3 is 4.74 Å². The van der Waals surface area contributed by atoms with Gasteiger partial charge in [0, 0.05) is 13.1 Å². The van der Waals surface area contributed by atoms with Gasteiger partial charge in [-0.2, -0.15) is 13.2 Å². The van der Waals surface area contributed by atoms with Crippen LogP contribution in [0.2, 0.25) is 5.02 Å². The zero-order valence-electron chi connectivity index (χ0n) is 18.0. The number of carbonyl (C=O) groups is 2. The van der Waals surface area contributed by atoms with Crippen molar-refractivity contribution in [2.75, 3.05) is 13.2 Å². The van der Waals surface area contributed by atoms with Gasteiger partial charge in [-0.25, -0.2) is 18.7 Å². The third-order valence-electron chi connectivity index (χ3n) is 4.61. The number of halogens is 5. The zero-order valence-corrected chi connectivity index (χ0v) is 19.6. The van der Waals surface area contributed by atoms with Crippen LogP contribution in [0.25, 0.3) is 5.69 Å². The maximum Gasteiger partial charge on any atom is 0.431 e. The van der Waals surface area contributed by atoms with Crippen molar-refractivity contribution < 1.29 is 31.9 Å². The van der Waals surface area contributed by atoms with E-state index >= 15 is 0 Å². The van der Waals surface area contributed by atoms with Gasteiger partial charge in [0.15, 0.2) is 5.17 Å². The molecule has 1 aliphatic heterocycles. The lowest BCUT2D eigenvalue weighted by atomic mass is 10.2. The van der Waals surface area contributed by atoms with Crippen LogP contribution in [-0.2, 0) is 27.5 Å². The first-order valence-corrected chi connectivity index (χ1v) is 10.8. The Morgan fingerprint density at radius 1 is 1.23 bits per heavy atom. The van der Waals surface area contributed by atoms with E-state index in [9.17, 15) is 36.7 Å². The summed E-state index contributed by atoms with van der Waals surface area (Å²) < 4.78 is 59.2. The summed E-state index contributed by atoms with van der Waals surface area (Å²) in [6, 6.07) is 1.71. The quantitative estimate of drug-likeness (QED) is 0.332. The number of hydrogen-bond acceptors (Lipinski definition) is 7. The predicted octanol–water partition coefficient (Wildman–Crippen LogP) is 2.99. The maximum absolute atomic E-state index is 14.7. The van der Waals surface area contributed by atoms with Gasteiger partial charge in [0.2, 0.25) is 0 Å². The summed E-state index contributed by atoms with van der Waals surface area (Å²) in [6.07, 6.45) is -5.00. The summed E-state index contributed by atoms with van der Waals surface area (Å²) >= 11 is 6.82. The van der Waals surface area contributed by atoms with Crippen molar-refractivity contribution in [1.82, 2.24) is 14.0 Å². The highest BCUT2D eigenvalue weighted by Gasteiger charge is 2.36. The van der Waals surface area contributed by atoms with Gasteiger partial charge in [-0.1, -0.05) is 18.2 Å². The van der Waals surface area contributed by atoms with Crippen molar-refractivity contribution in [3.63, 3.8) is 0 Å². The molecule has 0 radical (unpaired) electrons. The Morgan fingerprint density at radius 2 is 1.89 bits per heavy atom. The fourth-order valence-corrected chi connectivity index (χ4v) is 4.02. The van der Waals surface area contributed by atoms with Gasteiger partial charge in [-0.05, 0) is 30.8 Å². The SMILES string of the molecule is C=C1S/C(=N\c2cc(-n3c(=O)cc(C(F)(F)F)n(C)c3=O)c(F)cc2Cl)N(CC(=O)OCC)C1=O. The number of esters is 1. The molecule has 1 saturated heterocycles. The third kappa shape index (κ3) is 5.17. The number of ether oxygens (including phenoxy) is 1. The molecule has 2 aromatic rings. The molecule has 1 fully saturated rings. The van der Waals surface area contributed by atoms with Crippen LogP contribution in [0.4, 0.5) is 23.2 Å². The van der Waals surface area contributed by atoms with Gasteiger partial charge >= 0.3 is 17.8 Å². The molecule has 1 amide bonds. The molecule has 0 aliphatic carbocycles. The second-order valence-electron chi connectivity index (χ2n) is 6.91. The molecule has 1 aliphatic rings. The average Bonchev–Trinajstić information content (AvgIpc) is 3.00. The Kier molecular flexibility index (Phi) is 7.26. The largest absolute Gasteiger partial charge is 0.465 e. The van der Waals surface area contributed by atoms with Crippen LogP contribution in [0.1, 0.15) is 12.6 Å². The normalized spacial score (nSPS) is 15.3. The van der Waals surface area contributed by atoms with Gasteiger partial charge in [0.25, 0.3) is 11.5 Å². The van der Waals surface area contributed by atoms with Crippen LogP contribution in [0.15, 0.2) is 44.3 Å². The Morgan fingerprint density at radius 3 is 2.49 bits per heavy atom. The van der Waals surface area contributed by atoms with Crippen molar-refractivity contribution >= 4 is 46.1 Å². The minimum Gasteiger partial charge on any atom is -0.465 e. The molecule has 1 aromatic carbocycles. The number of amides is 1. The van der Waals surface area contributed by atoms with Gasteiger partial charge in [-0.15, -0.1) is 0 Å². The number of thioether (sulfide) groups is 1. The van der Waals surface area contributed by atoms with Crippen LogP contribution < -0.4 is 11.2 Å². The molecule has 2 heterocycles. The summed E-state index contributed by atoms with van der Waals surface area (Å²) in [5.74, 6) is -2.58. The van der Waals surface area contributed by atoms with E-state index in [1.165, 1.54) is 0 Å². The lowest BCUT2D eigenvalue weighted by Crippen LogP contribution is -2.41. The van der Waals surface area contributed by atoms with Crippen LogP contribution in [-0.4, -0.2) is 44.2 Å². The molecule has 0 N–H and O–H groups in total. The Balaban J connectivity index is 2.16. The van der Waals surface area contributed by atoms with Crippen LogP contribution in [0.3, 0.4) is 0 Å². The van der Waals surface area contributed by atoms with Crippen LogP contribution in [0, 0.1) is 5.82 Å². The molecule has 186 valence electrons. The molecule has 0 unspecified atom stereocenters. The first-order valence-electron chi connectivity index (χ1n) is 9.58. The first kappa shape index (κ1) is 26.2. The Bertz CT molecular complexity index is 1400. The number of alkyl halides is 3. The number of aliphatic imine (C=N–C) groups is 1. The number of hydrogen-bond donors (Lipinski definition) is 0. The van der Waals surface area contributed by atoms with Crippen molar-refractivity contribution in [3.05, 3.63) is 67.1 Å². The first-order chi connectivity index (χ1) is 16.3. The highest BCUT2D eigenvalue weighted by molar-refractivity contribution is 8.18. The summed E-state index contributed by atoms with van der Waals surface area (Å²) in [6.45, 7) is 4.68. The second-order valence-corrected chi connectivity index (χ2v) is 8.38. The molecule has 1 aromatic heterocycles. The van der Waals surface area contributed by atoms with E-state index in [-0.39, 0.29) is 42.6 Å². The van der Waals surface area contributed by atoms with E-state index in [2.05, 4.69) is 11.6 Å². The molecule has 0 saturated carbocycles. The summed E-state index contributed by atoms with van der Waals surface area (Å²) in [7, 11) is 0.774. The van der Waals surface area contributed by atoms with Crippen molar-refractivity contribution in [3.8, 4) is 5.69 Å². The number of aromatic nitrogens is 2. The number of amidine groups is 1. The lowest BCUT2D eigenvalue weighted by Gasteiger charge is -2.16. The van der Waals surface area contributed by atoms with Gasteiger partial charge in [-0.3, -0.25) is 23.9 Å². The molecular weight excluding hydrogens is 520 g/mol. The minimum atomic E-state index is -5.00. The lowest BCUT2D eigenvalue weighted by molar-refractivity contribution is -0.145. The van der Waals surface area contributed by atoms with Gasteiger partial charge in [0.1, 0.15) is 18.1 Å². The molecule has 35 heavy (non-hydrogen) atoms. The molecule has 0 atom stereocenters. The maximum atomic E-state index is 14.7. The third-order valence-corrected chi connectivity index (χ3v) is 5.82. The average molecular weight is 535 g/mol. The number of nitrogens with zero attached hydrogens (tertiary/aromatic N) is 4. The number of carbonyl (C=O) groups excluding carboxylic acids is 2. The minimum absolute atomic E-state index is 0.0133. The van der Waals surface area contributed by atoms with E-state index < -0.39 is 53.0 Å². The van der Waals surface area contributed by atoms with Crippen LogP contribution >= 0.6 is 23.4 Å². The number of benzene rings is 1. The molecule has 0 spiro atoms. The van der Waals surface area contributed by atoms with E-state index in [4.69, 9.17) is 16.3 Å². The van der Waals surface area contributed by atoms with E-state index in [1.54, 1.807) is 6.92 Å². The monoisotopic (exact) mass is 534 g/mol. The van der Waals surface area contributed by atoms with E-state index in [0.29, 0.717) is 6.07 Å². The standard InChI is InChI=1S/C20H15ClF4N4O5S/c1-4-34-16(31)8-28-17(32)9(2)35-18(28)26-12-6-13(11(22)5-10(12)21)29-15(30)7-14(20(23,24)25)27(3)19(29)33/h5-7H,2,4,8H2,1,3H3/b26-18-. The van der Waals surface area contributed by atoms with Crippen molar-refractivity contribution in [1.29, 1.82) is 0 Å². The zero-order chi connectivity index (χ0) is 26.2. The Hall–Kier alpha value is -3.39. The van der Waals surface area contributed by atoms with E-state index in [1.807, 2.05) is 0 Å².